The molecule has 1 saturated carbocycles. The van der Waals surface area contributed by atoms with E-state index >= 15 is 0 Å². The predicted molar refractivity (Wildman–Crippen MR) is 147 cm³/mol. The topological polar surface area (TPSA) is 69.6 Å². The second-order valence-electron chi connectivity index (χ2n) is 13.0. The van der Waals surface area contributed by atoms with Crippen molar-refractivity contribution in [3.63, 3.8) is 0 Å². The lowest BCUT2D eigenvalue weighted by molar-refractivity contribution is 0.223. The Morgan fingerprint density at radius 2 is 1.54 bits per heavy atom. The van der Waals surface area contributed by atoms with Gasteiger partial charge < -0.3 is 10.0 Å². The summed E-state index contributed by atoms with van der Waals surface area (Å²) >= 11 is 0. The van der Waals surface area contributed by atoms with E-state index in [9.17, 15) is 13.5 Å². The largest absolute Gasteiger partial charge is 0.395 e. The van der Waals surface area contributed by atoms with Crippen molar-refractivity contribution in [2.75, 3.05) is 19.7 Å². The molecule has 2 N–H and O–H groups in total. The van der Waals surface area contributed by atoms with Crippen molar-refractivity contribution in [1.82, 2.24) is 9.62 Å². The summed E-state index contributed by atoms with van der Waals surface area (Å²) in [6.07, 6.45) is 8.21. The van der Waals surface area contributed by atoms with Crippen LogP contribution in [-0.4, -0.2) is 48.9 Å². The zero-order valence-electron chi connectivity index (χ0n) is 23.2. The van der Waals surface area contributed by atoms with Gasteiger partial charge in [-0.1, -0.05) is 66.9 Å². The van der Waals surface area contributed by atoms with Crippen molar-refractivity contribution in [2.24, 2.45) is 5.92 Å². The van der Waals surface area contributed by atoms with Gasteiger partial charge in [0.1, 0.15) is 4.75 Å². The highest BCUT2D eigenvalue weighted by Gasteiger charge is 2.50. The molecule has 1 heterocycles. The molecule has 0 radical (unpaired) electrons. The Labute approximate surface area is 214 Å². The van der Waals surface area contributed by atoms with Gasteiger partial charge in [-0.25, -0.2) is 13.1 Å². The standard InChI is InChI=1S/C29H48N2O3S/c1-21-29(8,35(33,34)30-14-15-32)19-26(31(21)20-22-12-10-9-11-13-22)23-16-24(27(2,3)4)18-25(17-23)28(5,6)7/h16-19,21-22,30,32H,9-15,20H2,1-8H3. The van der Waals surface area contributed by atoms with E-state index in [1.165, 1.54) is 43.2 Å². The Morgan fingerprint density at radius 3 is 2.03 bits per heavy atom. The molecule has 198 valence electrons. The van der Waals surface area contributed by atoms with Crippen molar-refractivity contribution in [3.8, 4) is 0 Å². The average Bonchev–Trinajstić information content (AvgIpc) is 3.03. The molecule has 2 atom stereocenters. The van der Waals surface area contributed by atoms with Gasteiger partial charge in [-0.15, -0.1) is 0 Å². The maximum atomic E-state index is 13.5. The summed E-state index contributed by atoms with van der Waals surface area (Å²) in [5.74, 6) is 0.581. The van der Waals surface area contributed by atoms with E-state index < -0.39 is 14.8 Å². The van der Waals surface area contributed by atoms with E-state index in [0.29, 0.717) is 5.92 Å². The molecule has 6 heteroatoms. The van der Waals surface area contributed by atoms with Crippen LogP contribution in [0.25, 0.3) is 5.70 Å². The van der Waals surface area contributed by atoms with E-state index in [1.54, 1.807) is 0 Å². The fraction of sp³-hybridized carbons (Fsp3) is 0.724. The highest BCUT2D eigenvalue weighted by atomic mass is 32.2. The summed E-state index contributed by atoms with van der Waals surface area (Å²) < 4.78 is 28.5. The molecular weight excluding hydrogens is 456 g/mol. The Kier molecular flexibility index (Phi) is 8.20. The predicted octanol–water partition coefficient (Wildman–Crippen LogP) is 5.58. The van der Waals surface area contributed by atoms with Crippen molar-refractivity contribution in [1.29, 1.82) is 0 Å². The van der Waals surface area contributed by atoms with Gasteiger partial charge in [0, 0.05) is 18.8 Å². The molecule has 1 aromatic rings. The molecule has 0 bridgehead atoms. The number of sulfonamides is 1. The van der Waals surface area contributed by atoms with E-state index in [1.807, 2.05) is 19.9 Å². The van der Waals surface area contributed by atoms with E-state index in [2.05, 4.69) is 69.4 Å². The minimum Gasteiger partial charge on any atom is -0.395 e. The van der Waals surface area contributed by atoms with Gasteiger partial charge in [-0.3, -0.25) is 0 Å². The van der Waals surface area contributed by atoms with Crippen LogP contribution in [0.5, 0.6) is 0 Å². The smallest absolute Gasteiger partial charge is 0.222 e. The Morgan fingerprint density at radius 1 is 1.00 bits per heavy atom. The van der Waals surface area contributed by atoms with Gasteiger partial charge in [0.15, 0.2) is 0 Å². The molecule has 5 nitrogen and oxygen atoms in total. The molecule has 1 aliphatic heterocycles. The Balaban J connectivity index is 2.17. The fourth-order valence-corrected chi connectivity index (χ4v) is 6.94. The van der Waals surface area contributed by atoms with Gasteiger partial charge in [-0.2, -0.15) is 0 Å². The van der Waals surface area contributed by atoms with Crippen LogP contribution in [0.1, 0.15) is 104 Å². The van der Waals surface area contributed by atoms with E-state index in [4.69, 9.17) is 0 Å². The normalized spacial score (nSPS) is 24.7. The minimum absolute atomic E-state index is 0.0208. The first-order chi connectivity index (χ1) is 16.1. The number of nitrogens with one attached hydrogen (secondary N) is 1. The molecule has 1 aliphatic carbocycles. The first kappa shape index (κ1) is 28.2. The second-order valence-corrected chi connectivity index (χ2v) is 15.1. The second kappa shape index (κ2) is 10.2. The van der Waals surface area contributed by atoms with Gasteiger partial charge in [0.25, 0.3) is 0 Å². The summed E-state index contributed by atoms with van der Waals surface area (Å²) in [6, 6.07) is 6.63. The van der Waals surface area contributed by atoms with Crippen LogP contribution < -0.4 is 4.72 Å². The average molecular weight is 505 g/mol. The van der Waals surface area contributed by atoms with Gasteiger partial charge in [0.05, 0.1) is 12.6 Å². The van der Waals surface area contributed by atoms with Gasteiger partial charge >= 0.3 is 0 Å². The first-order valence-corrected chi connectivity index (χ1v) is 14.8. The van der Waals surface area contributed by atoms with Crippen molar-refractivity contribution < 1.29 is 13.5 Å². The number of hydrogen-bond acceptors (Lipinski definition) is 4. The molecule has 35 heavy (non-hydrogen) atoms. The molecule has 0 aromatic heterocycles. The van der Waals surface area contributed by atoms with Crippen LogP contribution in [0.2, 0.25) is 0 Å². The van der Waals surface area contributed by atoms with Crippen LogP contribution in [0.3, 0.4) is 0 Å². The Hall–Kier alpha value is -1.37. The lowest BCUT2D eigenvalue weighted by atomic mass is 9.79. The molecule has 2 aliphatic rings. The van der Waals surface area contributed by atoms with Crippen molar-refractivity contribution in [3.05, 3.63) is 41.0 Å². The molecule has 3 rings (SSSR count). The zero-order chi connectivity index (χ0) is 26.2. The highest BCUT2D eigenvalue weighted by molar-refractivity contribution is 7.91. The van der Waals surface area contributed by atoms with Crippen molar-refractivity contribution >= 4 is 15.7 Å². The third-order valence-electron chi connectivity index (χ3n) is 8.15. The quantitative estimate of drug-likeness (QED) is 0.509. The lowest BCUT2D eigenvalue weighted by Gasteiger charge is -2.38. The maximum Gasteiger partial charge on any atom is 0.222 e. The van der Waals surface area contributed by atoms with Gasteiger partial charge in [-0.05, 0) is 78.3 Å². The van der Waals surface area contributed by atoms with Gasteiger partial charge in [0.2, 0.25) is 10.0 Å². The van der Waals surface area contributed by atoms with Crippen LogP contribution in [-0.2, 0) is 20.9 Å². The summed E-state index contributed by atoms with van der Waals surface area (Å²) in [7, 11) is -3.69. The monoisotopic (exact) mass is 504 g/mol. The molecule has 0 amide bonds. The van der Waals surface area contributed by atoms with Crippen LogP contribution in [0, 0.1) is 5.92 Å². The van der Waals surface area contributed by atoms with Crippen molar-refractivity contribution in [2.45, 2.75) is 109 Å². The molecular formula is C29H48N2O3S. The molecule has 1 fully saturated rings. The van der Waals surface area contributed by atoms with Crippen LogP contribution in [0.4, 0.5) is 0 Å². The summed E-state index contributed by atoms with van der Waals surface area (Å²) in [5.41, 5.74) is 4.62. The van der Waals surface area contributed by atoms with E-state index in [-0.39, 0.29) is 30.0 Å². The fourth-order valence-electron chi connectivity index (χ4n) is 5.43. The molecule has 1 aromatic carbocycles. The molecule has 0 spiro atoms. The summed E-state index contributed by atoms with van der Waals surface area (Å²) in [4.78, 5) is 2.36. The summed E-state index contributed by atoms with van der Waals surface area (Å²) in [6.45, 7) is 18.0. The maximum absolute atomic E-state index is 13.5. The summed E-state index contributed by atoms with van der Waals surface area (Å²) in [5, 5.41) is 9.28. The minimum atomic E-state index is -3.69. The number of nitrogens with zero attached hydrogens (tertiary/aromatic N) is 1. The molecule has 0 saturated heterocycles. The number of aliphatic hydroxyl groups excluding tert-OH is 1. The third-order valence-corrected chi connectivity index (χ3v) is 10.4. The SMILES string of the molecule is CC1N(CC2CCCCC2)C(c2cc(C(C)(C)C)cc(C(C)(C)C)c2)=CC1(C)S(=O)(=O)NCCO. The molecule has 2 unspecified atom stereocenters. The van der Waals surface area contributed by atoms with Crippen LogP contribution >= 0.6 is 0 Å². The zero-order valence-corrected chi connectivity index (χ0v) is 24.1. The number of hydrogen-bond donors (Lipinski definition) is 2. The number of aliphatic hydroxyl groups is 1. The highest BCUT2D eigenvalue weighted by Crippen LogP contribution is 2.43. The Bertz CT molecular complexity index is 995. The van der Waals surface area contributed by atoms with E-state index in [0.717, 1.165) is 17.8 Å². The third kappa shape index (κ3) is 5.97. The van der Waals surface area contributed by atoms with Crippen LogP contribution in [0.15, 0.2) is 24.3 Å². The lowest BCUT2D eigenvalue weighted by Crippen LogP contribution is -2.52. The number of benzene rings is 1. The number of rotatable bonds is 7. The first-order valence-electron chi connectivity index (χ1n) is 13.4.